The molecule has 0 aliphatic rings. The van der Waals surface area contributed by atoms with Crippen LogP contribution in [0.4, 0.5) is 5.69 Å². The quantitative estimate of drug-likeness (QED) is 0.608. The van der Waals surface area contributed by atoms with Gasteiger partial charge in [0.25, 0.3) is 5.69 Å². The summed E-state index contributed by atoms with van der Waals surface area (Å²) in [7, 11) is -3.95. The summed E-state index contributed by atoms with van der Waals surface area (Å²) >= 11 is 5.85. The fraction of sp³-hybridized carbons (Fsp3) is 0.500. The summed E-state index contributed by atoms with van der Waals surface area (Å²) in [5, 5.41) is 20.0. The average molecular weight is 337 g/mol. The lowest BCUT2D eigenvalue weighted by molar-refractivity contribution is -0.385. The molecule has 9 heteroatoms. The molecule has 1 rings (SSSR count). The van der Waals surface area contributed by atoms with Gasteiger partial charge in [-0.2, -0.15) is 0 Å². The van der Waals surface area contributed by atoms with Crippen molar-refractivity contribution in [1.82, 2.24) is 4.72 Å². The van der Waals surface area contributed by atoms with Crippen molar-refractivity contribution in [3.05, 3.63) is 32.8 Å². The summed E-state index contributed by atoms with van der Waals surface area (Å²) in [6, 6.07) is 2.13. The van der Waals surface area contributed by atoms with Crippen LogP contribution >= 0.6 is 11.6 Å². The third-order valence-corrected chi connectivity index (χ3v) is 4.74. The fourth-order valence-electron chi connectivity index (χ4n) is 1.41. The first-order chi connectivity index (χ1) is 9.50. The number of aliphatic hydroxyl groups excluding tert-OH is 1. The number of nitro benzene ring substituents is 1. The highest BCUT2D eigenvalue weighted by molar-refractivity contribution is 7.89. The van der Waals surface area contributed by atoms with Gasteiger partial charge in [-0.15, -0.1) is 0 Å². The molecule has 0 fully saturated rings. The van der Waals surface area contributed by atoms with E-state index < -0.39 is 20.4 Å². The molecule has 2 N–H and O–H groups in total. The zero-order chi connectivity index (χ0) is 16.4. The Hall–Kier alpha value is -1.22. The molecular weight excluding hydrogens is 320 g/mol. The molecule has 118 valence electrons. The van der Waals surface area contributed by atoms with Gasteiger partial charge in [-0.25, -0.2) is 13.1 Å². The number of nitrogens with one attached hydrogen (secondary N) is 1. The van der Waals surface area contributed by atoms with Crippen molar-refractivity contribution in [3.63, 3.8) is 0 Å². The minimum atomic E-state index is -3.95. The highest BCUT2D eigenvalue weighted by Gasteiger charge is 2.25. The molecule has 1 aromatic rings. The molecule has 0 aliphatic heterocycles. The van der Waals surface area contributed by atoms with Crippen molar-refractivity contribution < 1.29 is 18.4 Å². The Bertz CT molecular complexity index is 658. The number of rotatable bonds is 6. The van der Waals surface area contributed by atoms with Crippen molar-refractivity contribution in [2.24, 2.45) is 5.41 Å². The maximum Gasteiger partial charge on any atom is 0.275 e. The van der Waals surface area contributed by atoms with Crippen LogP contribution in [-0.2, 0) is 10.0 Å². The molecule has 0 aliphatic carbocycles. The Labute approximate surface area is 128 Å². The summed E-state index contributed by atoms with van der Waals surface area (Å²) in [5.41, 5.74) is -0.798. The number of hydrogen-bond donors (Lipinski definition) is 2. The highest BCUT2D eigenvalue weighted by Crippen LogP contribution is 2.29. The van der Waals surface area contributed by atoms with Crippen LogP contribution in [-0.4, -0.2) is 31.6 Å². The lowest BCUT2D eigenvalue weighted by atomic mass is 9.96. The van der Waals surface area contributed by atoms with Gasteiger partial charge in [0.2, 0.25) is 10.0 Å². The van der Waals surface area contributed by atoms with Crippen molar-refractivity contribution in [2.75, 3.05) is 13.2 Å². The van der Waals surface area contributed by atoms with Crippen LogP contribution in [0.15, 0.2) is 17.0 Å². The van der Waals surface area contributed by atoms with E-state index in [-0.39, 0.29) is 34.3 Å². The molecule has 0 radical (unpaired) electrons. The van der Waals surface area contributed by atoms with Crippen molar-refractivity contribution >= 4 is 27.3 Å². The predicted octanol–water partition coefficient (Wildman–Crippen LogP) is 1.85. The molecule has 0 saturated carbocycles. The highest BCUT2D eigenvalue weighted by atomic mass is 35.5. The second-order valence-corrected chi connectivity index (χ2v) is 7.63. The molecule has 0 aromatic heterocycles. The Kier molecular flexibility index (Phi) is 5.32. The summed E-state index contributed by atoms with van der Waals surface area (Å²) in [6.45, 7) is 4.59. The van der Waals surface area contributed by atoms with E-state index in [1.165, 1.54) is 6.92 Å². The molecule has 7 nitrogen and oxygen atoms in total. The number of benzene rings is 1. The van der Waals surface area contributed by atoms with Crippen LogP contribution in [0.2, 0.25) is 5.02 Å². The average Bonchev–Trinajstić information content (AvgIpc) is 2.39. The number of nitro groups is 1. The van der Waals surface area contributed by atoms with Crippen LogP contribution in [0, 0.1) is 22.5 Å². The van der Waals surface area contributed by atoms with E-state index in [9.17, 15) is 18.5 Å². The topological polar surface area (TPSA) is 110 Å². The van der Waals surface area contributed by atoms with Gasteiger partial charge >= 0.3 is 0 Å². The van der Waals surface area contributed by atoms with Crippen molar-refractivity contribution in [2.45, 2.75) is 25.7 Å². The molecule has 1 aromatic carbocycles. The second kappa shape index (κ2) is 6.27. The van der Waals surface area contributed by atoms with Gasteiger partial charge in [-0.1, -0.05) is 25.4 Å². The molecular formula is C12H17ClN2O5S. The Balaban J connectivity index is 3.18. The van der Waals surface area contributed by atoms with E-state index in [0.717, 1.165) is 12.1 Å². The largest absolute Gasteiger partial charge is 0.396 e. The van der Waals surface area contributed by atoms with E-state index in [0.29, 0.717) is 0 Å². The summed E-state index contributed by atoms with van der Waals surface area (Å²) < 4.78 is 26.6. The Morgan fingerprint density at radius 3 is 2.48 bits per heavy atom. The maximum absolute atomic E-state index is 12.2. The zero-order valence-corrected chi connectivity index (χ0v) is 13.5. The van der Waals surface area contributed by atoms with Gasteiger partial charge in [0.1, 0.15) is 0 Å². The minimum absolute atomic E-state index is 0.00555. The molecule has 0 saturated heterocycles. The third-order valence-electron chi connectivity index (χ3n) is 2.97. The summed E-state index contributed by atoms with van der Waals surface area (Å²) in [4.78, 5) is 9.95. The van der Waals surface area contributed by atoms with Crippen molar-refractivity contribution in [3.8, 4) is 0 Å². The van der Waals surface area contributed by atoms with Gasteiger partial charge in [-0.05, 0) is 13.0 Å². The van der Waals surface area contributed by atoms with Crippen LogP contribution in [0.5, 0.6) is 0 Å². The number of aliphatic hydroxyl groups is 1. The lowest BCUT2D eigenvalue weighted by Crippen LogP contribution is -2.36. The Morgan fingerprint density at radius 1 is 1.43 bits per heavy atom. The number of nitrogens with zero attached hydrogens (tertiary/aromatic N) is 1. The van der Waals surface area contributed by atoms with E-state index in [1.54, 1.807) is 13.8 Å². The standard InChI is InChI=1S/C12H17ClN2O5S/c1-8-10(13)4-9(5-11(8)15(17)18)21(19,20)14-6-12(2,3)7-16/h4-5,14,16H,6-7H2,1-3H3. The monoisotopic (exact) mass is 336 g/mol. The van der Waals surface area contributed by atoms with Gasteiger partial charge in [-0.3, -0.25) is 10.1 Å². The smallest absolute Gasteiger partial charge is 0.275 e. The van der Waals surface area contributed by atoms with E-state index >= 15 is 0 Å². The normalized spacial score (nSPS) is 12.4. The first-order valence-electron chi connectivity index (χ1n) is 6.05. The number of sulfonamides is 1. The molecule has 0 atom stereocenters. The zero-order valence-electron chi connectivity index (χ0n) is 11.9. The van der Waals surface area contributed by atoms with Crippen LogP contribution in [0.25, 0.3) is 0 Å². The third kappa shape index (κ3) is 4.37. The fourth-order valence-corrected chi connectivity index (χ4v) is 2.98. The molecule has 0 unspecified atom stereocenters. The molecule has 0 heterocycles. The first kappa shape index (κ1) is 17.8. The van der Waals surface area contributed by atoms with Crippen LogP contribution < -0.4 is 4.72 Å². The summed E-state index contributed by atoms with van der Waals surface area (Å²) in [5.74, 6) is 0. The number of halogens is 1. The minimum Gasteiger partial charge on any atom is -0.396 e. The SMILES string of the molecule is Cc1c(Cl)cc(S(=O)(=O)NCC(C)(C)CO)cc1[N+](=O)[O-]. The molecule has 0 spiro atoms. The molecule has 21 heavy (non-hydrogen) atoms. The summed E-state index contributed by atoms with van der Waals surface area (Å²) in [6.07, 6.45) is 0. The van der Waals surface area contributed by atoms with E-state index in [1.807, 2.05) is 0 Å². The van der Waals surface area contributed by atoms with E-state index in [2.05, 4.69) is 4.72 Å². The Morgan fingerprint density at radius 2 is 2.00 bits per heavy atom. The molecule has 0 bridgehead atoms. The number of hydrogen-bond acceptors (Lipinski definition) is 5. The van der Waals surface area contributed by atoms with Crippen LogP contribution in [0.1, 0.15) is 19.4 Å². The molecule has 0 amide bonds. The van der Waals surface area contributed by atoms with Crippen LogP contribution in [0.3, 0.4) is 0 Å². The van der Waals surface area contributed by atoms with Crippen molar-refractivity contribution in [1.29, 1.82) is 0 Å². The van der Waals surface area contributed by atoms with Gasteiger partial charge in [0.05, 0.1) is 14.8 Å². The van der Waals surface area contributed by atoms with E-state index in [4.69, 9.17) is 16.7 Å². The maximum atomic E-state index is 12.2. The van der Waals surface area contributed by atoms with Gasteiger partial charge in [0, 0.05) is 30.2 Å². The first-order valence-corrected chi connectivity index (χ1v) is 7.91. The predicted molar refractivity (Wildman–Crippen MR) is 78.9 cm³/mol. The van der Waals surface area contributed by atoms with Gasteiger partial charge < -0.3 is 5.11 Å². The second-order valence-electron chi connectivity index (χ2n) is 5.45. The van der Waals surface area contributed by atoms with Gasteiger partial charge in [0.15, 0.2) is 0 Å². The lowest BCUT2D eigenvalue weighted by Gasteiger charge is -2.21.